The van der Waals surface area contributed by atoms with Gasteiger partial charge < -0.3 is 15.6 Å². The minimum atomic E-state index is -0.689. The summed E-state index contributed by atoms with van der Waals surface area (Å²) in [6, 6.07) is 4.40. The monoisotopic (exact) mass is 294 g/mol. The number of urea groups is 1. The van der Waals surface area contributed by atoms with Crippen molar-refractivity contribution in [1.29, 1.82) is 0 Å². The Labute approximate surface area is 118 Å². The molecule has 1 aromatic carbocycles. The van der Waals surface area contributed by atoms with Crippen molar-refractivity contribution >= 4 is 29.0 Å². The van der Waals surface area contributed by atoms with Crippen LogP contribution in [0.4, 0.5) is 16.2 Å². The van der Waals surface area contributed by atoms with Crippen LogP contribution in [0.2, 0.25) is 5.02 Å². The van der Waals surface area contributed by atoms with Gasteiger partial charge in [0.1, 0.15) is 5.69 Å². The van der Waals surface area contributed by atoms with Gasteiger partial charge in [0.2, 0.25) is 0 Å². The molecular formula is C12H11ClN4O3. The second-order valence-electron chi connectivity index (χ2n) is 4.03. The number of carbonyl (C=O) groups is 1. The number of hydrogen-bond acceptors (Lipinski definition) is 3. The summed E-state index contributed by atoms with van der Waals surface area (Å²) >= 11 is 5.93. The van der Waals surface area contributed by atoms with Gasteiger partial charge in [-0.3, -0.25) is 9.78 Å². The number of aryl methyl sites for hydroxylation is 1. The Morgan fingerprint density at radius 1 is 1.25 bits per heavy atom. The molecule has 20 heavy (non-hydrogen) atoms. The summed E-state index contributed by atoms with van der Waals surface area (Å²) < 4.78 is 0. The molecule has 0 bridgehead atoms. The molecule has 0 aliphatic rings. The first-order valence-electron chi connectivity index (χ1n) is 5.62. The van der Waals surface area contributed by atoms with Gasteiger partial charge in [-0.05, 0) is 24.6 Å². The van der Waals surface area contributed by atoms with Gasteiger partial charge in [-0.1, -0.05) is 17.7 Å². The second-order valence-corrected chi connectivity index (χ2v) is 4.44. The molecule has 0 atom stereocenters. The molecular weight excluding hydrogens is 284 g/mol. The highest BCUT2D eigenvalue weighted by Crippen LogP contribution is 2.19. The maximum atomic E-state index is 11.7. The van der Waals surface area contributed by atoms with Crippen LogP contribution in [0.15, 0.2) is 34.0 Å². The molecule has 0 saturated carbocycles. The third-order valence-electron chi connectivity index (χ3n) is 2.50. The van der Waals surface area contributed by atoms with Crippen LogP contribution in [-0.4, -0.2) is 16.0 Å². The van der Waals surface area contributed by atoms with Gasteiger partial charge >= 0.3 is 11.7 Å². The first-order chi connectivity index (χ1) is 9.45. The van der Waals surface area contributed by atoms with Gasteiger partial charge in [0, 0.05) is 16.9 Å². The highest BCUT2D eigenvalue weighted by molar-refractivity contribution is 6.31. The highest BCUT2D eigenvalue weighted by Gasteiger charge is 2.07. The van der Waals surface area contributed by atoms with E-state index in [1.165, 1.54) is 0 Å². The molecule has 2 amide bonds. The number of aromatic nitrogens is 2. The van der Waals surface area contributed by atoms with Crippen molar-refractivity contribution in [3.8, 4) is 0 Å². The smallest absolute Gasteiger partial charge is 0.312 e. The van der Waals surface area contributed by atoms with Crippen LogP contribution >= 0.6 is 11.6 Å². The standard InChI is InChI=1S/C12H11ClN4O3/c1-6-2-3-7(4-8(6)13)15-12(20)16-9-5-14-11(19)17-10(9)18/h2-5H,1H3,(H2,15,16,20)(H2,14,17,18,19). The van der Waals surface area contributed by atoms with Crippen molar-refractivity contribution in [2.75, 3.05) is 10.6 Å². The van der Waals surface area contributed by atoms with E-state index in [0.29, 0.717) is 10.7 Å². The summed E-state index contributed by atoms with van der Waals surface area (Å²) in [6.07, 6.45) is 1.11. The molecule has 8 heteroatoms. The first-order valence-corrected chi connectivity index (χ1v) is 5.99. The van der Waals surface area contributed by atoms with Crippen molar-refractivity contribution in [2.45, 2.75) is 6.92 Å². The highest BCUT2D eigenvalue weighted by atomic mass is 35.5. The van der Waals surface area contributed by atoms with Crippen LogP contribution in [0.3, 0.4) is 0 Å². The fourth-order valence-corrected chi connectivity index (χ4v) is 1.64. The molecule has 0 saturated heterocycles. The average molecular weight is 295 g/mol. The van der Waals surface area contributed by atoms with Gasteiger partial charge in [-0.25, -0.2) is 9.59 Å². The number of anilines is 2. The van der Waals surface area contributed by atoms with Gasteiger partial charge in [-0.2, -0.15) is 0 Å². The van der Waals surface area contributed by atoms with Crippen LogP contribution in [0.5, 0.6) is 0 Å². The van der Waals surface area contributed by atoms with E-state index in [1.54, 1.807) is 18.2 Å². The normalized spacial score (nSPS) is 10.1. The number of H-pyrrole nitrogens is 2. The van der Waals surface area contributed by atoms with E-state index in [-0.39, 0.29) is 5.69 Å². The van der Waals surface area contributed by atoms with Gasteiger partial charge in [-0.15, -0.1) is 0 Å². The molecule has 2 aromatic rings. The van der Waals surface area contributed by atoms with E-state index < -0.39 is 17.3 Å². The molecule has 0 unspecified atom stereocenters. The SMILES string of the molecule is Cc1ccc(NC(=O)Nc2c[nH]c(=O)[nH]c2=O)cc1Cl. The topological polar surface area (TPSA) is 107 Å². The zero-order valence-electron chi connectivity index (χ0n) is 10.4. The number of amides is 2. The average Bonchev–Trinajstić information content (AvgIpc) is 2.37. The van der Waals surface area contributed by atoms with E-state index in [0.717, 1.165) is 11.8 Å². The van der Waals surface area contributed by atoms with E-state index in [4.69, 9.17) is 11.6 Å². The molecule has 0 aliphatic carbocycles. The lowest BCUT2D eigenvalue weighted by Crippen LogP contribution is -2.28. The molecule has 0 radical (unpaired) electrons. The van der Waals surface area contributed by atoms with Crippen molar-refractivity contribution in [1.82, 2.24) is 9.97 Å². The lowest BCUT2D eigenvalue weighted by atomic mass is 10.2. The van der Waals surface area contributed by atoms with E-state index in [2.05, 4.69) is 15.6 Å². The Kier molecular flexibility index (Phi) is 3.90. The number of hydrogen-bond donors (Lipinski definition) is 4. The molecule has 1 heterocycles. The van der Waals surface area contributed by atoms with Crippen LogP contribution in [-0.2, 0) is 0 Å². The minimum Gasteiger partial charge on any atom is -0.312 e. The summed E-state index contributed by atoms with van der Waals surface area (Å²) in [4.78, 5) is 38.2. The van der Waals surface area contributed by atoms with Crippen molar-refractivity contribution in [3.05, 3.63) is 55.8 Å². The summed E-state index contributed by atoms with van der Waals surface area (Å²) in [5, 5.41) is 5.35. The zero-order chi connectivity index (χ0) is 14.7. The van der Waals surface area contributed by atoms with Crippen molar-refractivity contribution in [2.24, 2.45) is 0 Å². The fraction of sp³-hybridized carbons (Fsp3) is 0.0833. The number of halogens is 1. The molecule has 1 aromatic heterocycles. The molecule has 0 fully saturated rings. The van der Waals surface area contributed by atoms with E-state index >= 15 is 0 Å². The van der Waals surface area contributed by atoms with Crippen LogP contribution in [0.25, 0.3) is 0 Å². The van der Waals surface area contributed by atoms with Crippen molar-refractivity contribution in [3.63, 3.8) is 0 Å². The quantitative estimate of drug-likeness (QED) is 0.676. The predicted octanol–water partition coefficient (Wildman–Crippen LogP) is 1.67. The largest absolute Gasteiger partial charge is 0.325 e. The number of aromatic amines is 2. The summed E-state index contributed by atoms with van der Waals surface area (Å²) in [5.41, 5.74) is -0.0360. The van der Waals surface area contributed by atoms with Gasteiger partial charge in [0.15, 0.2) is 0 Å². The predicted molar refractivity (Wildman–Crippen MR) is 76.5 cm³/mol. The van der Waals surface area contributed by atoms with E-state index in [9.17, 15) is 14.4 Å². The Morgan fingerprint density at radius 2 is 2.00 bits per heavy atom. The van der Waals surface area contributed by atoms with E-state index in [1.807, 2.05) is 11.9 Å². The minimum absolute atomic E-state index is 0.0692. The molecule has 0 aliphatic heterocycles. The summed E-state index contributed by atoms with van der Waals surface area (Å²) in [7, 11) is 0. The molecule has 7 nitrogen and oxygen atoms in total. The second kappa shape index (κ2) is 5.62. The lowest BCUT2D eigenvalue weighted by Gasteiger charge is -2.07. The van der Waals surface area contributed by atoms with Crippen molar-refractivity contribution < 1.29 is 4.79 Å². The first kappa shape index (κ1) is 13.9. The summed E-state index contributed by atoms with van der Waals surface area (Å²) in [5.74, 6) is 0. The number of nitrogens with one attached hydrogen (secondary N) is 4. The maximum absolute atomic E-state index is 11.7. The maximum Gasteiger partial charge on any atom is 0.325 e. The third kappa shape index (κ3) is 3.27. The fourth-order valence-electron chi connectivity index (χ4n) is 1.46. The van der Waals surface area contributed by atoms with Gasteiger partial charge in [0.05, 0.1) is 0 Å². The molecule has 0 spiro atoms. The molecule has 2 rings (SSSR count). The Hall–Kier alpha value is -2.54. The lowest BCUT2D eigenvalue weighted by molar-refractivity contribution is 0.262. The number of benzene rings is 1. The van der Waals surface area contributed by atoms with Crippen LogP contribution < -0.4 is 21.9 Å². The van der Waals surface area contributed by atoms with Gasteiger partial charge in [0.25, 0.3) is 5.56 Å². The van der Waals surface area contributed by atoms with Crippen LogP contribution in [0, 0.1) is 6.92 Å². The Morgan fingerprint density at radius 3 is 2.65 bits per heavy atom. The van der Waals surface area contributed by atoms with Crippen LogP contribution in [0.1, 0.15) is 5.56 Å². The molecule has 4 N–H and O–H groups in total. The summed E-state index contributed by atoms with van der Waals surface area (Å²) in [6.45, 7) is 1.84. The Balaban J connectivity index is 2.10. The zero-order valence-corrected chi connectivity index (χ0v) is 11.2. The third-order valence-corrected chi connectivity index (χ3v) is 2.90. The number of carbonyl (C=O) groups excluding carboxylic acids is 1. The molecule has 104 valence electrons. The Bertz CT molecular complexity index is 766. The number of rotatable bonds is 2.